The number of carbonyl (C=O) groups is 1. The third kappa shape index (κ3) is 4.27. The molecule has 1 aromatic heterocycles. The normalized spacial score (nSPS) is 10.8. The first-order valence-corrected chi connectivity index (χ1v) is 9.47. The molecular formula is C18H18N2O2S2. The number of rotatable bonds is 6. The number of nitrogens with one attached hydrogen (secondary N) is 1. The van der Waals surface area contributed by atoms with Crippen LogP contribution < -0.4 is 10.1 Å². The van der Waals surface area contributed by atoms with Gasteiger partial charge < -0.3 is 10.1 Å². The monoisotopic (exact) mass is 358 g/mol. The lowest BCUT2D eigenvalue weighted by Crippen LogP contribution is -2.13. The second-order valence-corrected chi connectivity index (χ2v) is 7.50. The summed E-state index contributed by atoms with van der Waals surface area (Å²) < 4.78 is 7.46. The van der Waals surface area contributed by atoms with Gasteiger partial charge in [-0.25, -0.2) is 4.98 Å². The van der Waals surface area contributed by atoms with Gasteiger partial charge in [0, 0.05) is 5.69 Å². The third-order valence-electron chi connectivity index (χ3n) is 3.28. The van der Waals surface area contributed by atoms with E-state index < -0.39 is 0 Å². The lowest BCUT2D eigenvalue weighted by Gasteiger charge is -2.04. The van der Waals surface area contributed by atoms with Crippen LogP contribution >= 0.6 is 23.1 Å². The molecule has 6 heteroatoms. The van der Waals surface area contributed by atoms with Crippen LogP contribution in [0.25, 0.3) is 10.2 Å². The van der Waals surface area contributed by atoms with Gasteiger partial charge in [-0.1, -0.05) is 23.9 Å². The van der Waals surface area contributed by atoms with Crippen molar-refractivity contribution < 1.29 is 9.53 Å². The average Bonchev–Trinajstić information content (AvgIpc) is 2.95. The lowest BCUT2D eigenvalue weighted by molar-refractivity contribution is -0.113. The Morgan fingerprint density at radius 3 is 2.96 bits per heavy atom. The summed E-state index contributed by atoms with van der Waals surface area (Å²) in [5.41, 5.74) is 2.88. The number of hydrogen-bond donors (Lipinski definition) is 1. The molecule has 4 nitrogen and oxygen atoms in total. The van der Waals surface area contributed by atoms with E-state index >= 15 is 0 Å². The van der Waals surface area contributed by atoms with Gasteiger partial charge in [-0.15, -0.1) is 11.3 Å². The Labute approximate surface area is 149 Å². The first kappa shape index (κ1) is 16.8. The van der Waals surface area contributed by atoms with Gasteiger partial charge in [0.2, 0.25) is 5.91 Å². The van der Waals surface area contributed by atoms with Crippen LogP contribution in [0, 0.1) is 6.92 Å². The highest BCUT2D eigenvalue weighted by atomic mass is 32.2. The molecule has 1 heterocycles. The van der Waals surface area contributed by atoms with Crippen LogP contribution in [0.4, 0.5) is 5.69 Å². The van der Waals surface area contributed by atoms with Crippen molar-refractivity contribution in [2.75, 3.05) is 17.7 Å². The molecule has 1 N–H and O–H groups in total. The second kappa shape index (κ2) is 7.68. The minimum Gasteiger partial charge on any atom is -0.494 e. The zero-order valence-electron chi connectivity index (χ0n) is 13.5. The number of thioether (sulfide) groups is 1. The van der Waals surface area contributed by atoms with Crippen molar-refractivity contribution in [1.82, 2.24) is 4.98 Å². The zero-order chi connectivity index (χ0) is 16.9. The summed E-state index contributed by atoms with van der Waals surface area (Å²) in [5, 5.41) is 2.91. The molecule has 0 aliphatic heterocycles. The van der Waals surface area contributed by atoms with Crippen LogP contribution in [0.5, 0.6) is 5.75 Å². The van der Waals surface area contributed by atoms with Crippen LogP contribution in [0.2, 0.25) is 0 Å². The highest BCUT2D eigenvalue weighted by Crippen LogP contribution is 2.31. The SMILES string of the molecule is CCOc1ccc2nc(SCC(=O)Nc3cccc(C)c3)sc2c1. The van der Waals surface area contributed by atoms with Crippen LogP contribution in [-0.4, -0.2) is 23.3 Å². The van der Waals surface area contributed by atoms with Gasteiger partial charge in [0.25, 0.3) is 0 Å². The molecule has 24 heavy (non-hydrogen) atoms. The molecule has 0 radical (unpaired) electrons. The molecule has 3 aromatic rings. The predicted octanol–water partition coefficient (Wildman–Crippen LogP) is 4.73. The molecule has 0 fully saturated rings. The molecule has 3 rings (SSSR count). The molecule has 1 amide bonds. The Balaban J connectivity index is 1.61. The highest BCUT2D eigenvalue weighted by molar-refractivity contribution is 8.01. The van der Waals surface area contributed by atoms with Crippen molar-refractivity contribution >= 4 is 44.9 Å². The summed E-state index contributed by atoms with van der Waals surface area (Å²) in [5.74, 6) is 1.16. The van der Waals surface area contributed by atoms with E-state index in [1.807, 2.05) is 56.3 Å². The van der Waals surface area contributed by atoms with E-state index in [9.17, 15) is 4.79 Å². The Hall–Kier alpha value is -2.05. The standard InChI is InChI=1S/C18H18N2O2S2/c1-3-22-14-7-8-15-16(10-14)24-18(20-15)23-11-17(21)19-13-6-4-5-12(2)9-13/h4-10H,3,11H2,1-2H3,(H,19,21). The number of aryl methyl sites for hydroxylation is 1. The van der Waals surface area contributed by atoms with Crippen molar-refractivity contribution in [3.63, 3.8) is 0 Å². The molecule has 0 atom stereocenters. The van der Waals surface area contributed by atoms with E-state index in [4.69, 9.17) is 4.74 Å². The fourth-order valence-corrected chi connectivity index (χ4v) is 4.15. The maximum atomic E-state index is 12.1. The topological polar surface area (TPSA) is 51.2 Å². The number of benzene rings is 2. The van der Waals surface area contributed by atoms with Gasteiger partial charge in [0.15, 0.2) is 4.34 Å². The number of amides is 1. The maximum Gasteiger partial charge on any atom is 0.234 e. The van der Waals surface area contributed by atoms with Gasteiger partial charge >= 0.3 is 0 Å². The maximum absolute atomic E-state index is 12.1. The average molecular weight is 358 g/mol. The summed E-state index contributed by atoms with van der Waals surface area (Å²) in [6.45, 7) is 4.61. The smallest absolute Gasteiger partial charge is 0.234 e. The van der Waals surface area contributed by atoms with Crippen molar-refractivity contribution in [1.29, 1.82) is 0 Å². The first-order chi connectivity index (χ1) is 11.6. The third-order valence-corrected chi connectivity index (χ3v) is 5.44. The fraction of sp³-hybridized carbons (Fsp3) is 0.222. The van der Waals surface area contributed by atoms with Gasteiger partial charge in [0.05, 0.1) is 22.6 Å². The summed E-state index contributed by atoms with van der Waals surface area (Å²) in [6, 6.07) is 13.6. The molecule has 0 bridgehead atoms. The largest absolute Gasteiger partial charge is 0.494 e. The molecule has 124 valence electrons. The molecular weight excluding hydrogens is 340 g/mol. The molecule has 0 aliphatic carbocycles. The predicted molar refractivity (Wildman–Crippen MR) is 101 cm³/mol. The van der Waals surface area contributed by atoms with E-state index in [2.05, 4.69) is 10.3 Å². The van der Waals surface area contributed by atoms with E-state index in [0.29, 0.717) is 12.4 Å². The quantitative estimate of drug-likeness (QED) is 0.647. The Bertz CT molecular complexity index is 861. The molecule has 0 unspecified atom stereocenters. The van der Waals surface area contributed by atoms with Crippen molar-refractivity contribution in [3.05, 3.63) is 48.0 Å². The Morgan fingerprint density at radius 1 is 1.29 bits per heavy atom. The van der Waals surface area contributed by atoms with Crippen molar-refractivity contribution in [2.24, 2.45) is 0 Å². The number of hydrogen-bond acceptors (Lipinski definition) is 5. The number of carbonyl (C=O) groups excluding carboxylic acids is 1. The van der Waals surface area contributed by atoms with Crippen LogP contribution in [0.3, 0.4) is 0 Å². The summed E-state index contributed by atoms with van der Waals surface area (Å²) in [6.07, 6.45) is 0. The lowest BCUT2D eigenvalue weighted by atomic mass is 10.2. The fourth-order valence-electron chi connectivity index (χ4n) is 2.25. The number of nitrogens with zero attached hydrogens (tertiary/aromatic N) is 1. The number of fused-ring (bicyclic) bond motifs is 1. The first-order valence-electron chi connectivity index (χ1n) is 7.67. The van der Waals surface area contributed by atoms with E-state index in [1.54, 1.807) is 11.3 Å². The van der Waals surface area contributed by atoms with Crippen LogP contribution in [0.15, 0.2) is 46.8 Å². The second-order valence-electron chi connectivity index (χ2n) is 5.25. The van der Waals surface area contributed by atoms with E-state index in [1.165, 1.54) is 11.8 Å². The zero-order valence-corrected chi connectivity index (χ0v) is 15.2. The van der Waals surface area contributed by atoms with Gasteiger partial charge in [0.1, 0.15) is 5.75 Å². The molecule has 0 spiro atoms. The highest BCUT2D eigenvalue weighted by Gasteiger charge is 2.09. The molecule has 2 aromatic carbocycles. The van der Waals surface area contributed by atoms with E-state index in [-0.39, 0.29) is 5.91 Å². The van der Waals surface area contributed by atoms with Gasteiger partial charge in [-0.3, -0.25) is 4.79 Å². The van der Waals surface area contributed by atoms with Crippen LogP contribution in [0.1, 0.15) is 12.5 Å². The van der Waals surface area contributed by atoms with Gasteiger partial charge in [-0.2, -0.15) is 0 Å². The minimum atomic E-state index is -0.0279. The van der Waals surface area contributed by atoms with Crippen LogP contribution in [-0.2, 0) is 4.79 Å². The summed E-state index contributed by atoms with van der Waals surface area (Å²) in [4.78, 5) is 16.6. The number of anilines is 1. The summed E-state index contributed by atoms with van der Waals surface area (Å²) >= 11 is 3.03. The Kier molecular flexibility index (Phi) is 5.37. The van der Waals surface area contributed by atoms with Crippen molar-refractivity contribution in [2.45, 2.75) is 18.2 Å². The molecule has 0 aliphatic rings. The number of aromatic nitrogens is 1. The Morgan fingerprint density at radius 2 is 2.17 bits per heavy atom. The molecule has 0 saturated heterocycles. The minimum absolute atomic E-state index is 0.0279. The number of thiazole rings is 1. The van der Waals surface area contributed by atoms with Gasteiger partial charge in [-0.05, 0) is 49.7 Å². The molecule has 0 saturated carbocycles. The van der Waals surface area contributed by atoms with E-state index in [0.717, 1.165) is 31.6 Å². The summed E-state index contributed by atoms with van der Waals surface area (Å²) in [7, 11) is 0. The van der Waals surface area contributed by atoms with Crippen molar-refractivity contribution in [3.8, 4) is 5.75 Å². The number of ether oxygens (including phenoxy) is 1.